The Bertz CT molecular complexity index is 896. The number of aryl methyl sites for hydroxylation is 2. The molecular formula is C20H28IN7. The number of hydrogen-bond donors (Lipinski definition) is 2. The Balaban J connectivity index is 0.00000280. The third kappa shape index (κ3) is 5.57. The summed E-state index contributed by atoms with van der Waals surface area (Å²) < 4.78 is 3.97. The minimum absolute atomic E-state index is 0. The molecule has 0 unspecified atom stereocenters. The molecule has 0 bridgehead atoms. The van der Waals surface area contributed by atoms with Gasteiger partial charge in [0.2, 0.25) is 0 Å². The van der Waals surface area contributed by atoms with Gasteiger partial charge in [-0.1, -0.05) is 24.3 Å². The number of aliphatic imine (C=N–C) groups is 1. The van der Waals surface area contributed by atoms with Crippen LogP contribution >= 0.6 is 24.0 Å². The van der Waals surface area contributed by atoms with Crippen molar-refractivity contribution in [3.05, 3.63) is 71.1 Å². The summed E-state index contributed by atoms with van der Waals surface area (Å²) in [6, 6.07) is 8.58. The number of aromatic nitrogens is 4. The van der Waals surface area contributed by atoms with Gasteiger partial charge in [0.15, 0.2) is 5.96 Å². The van der Waals surface area contributed by atoms with Crippen molar-refractivity contribution in [3.8, 4) is 0 Å². The van der Waals surface area contributed by atoms with E-state index < -0.39 is 0 Å². The number of halogens is 1. The van der Waals surface area contributed by atoms with Crippen LogP contribution in [0, 0.1) is 13.8 Å². The van der Waals surface area contributed by atoms with Crippen molar-refractivity contribution in [3.63, 3.8) is 0 Å². The van der Waals surface area contributed by atoms with E-state index in [1.807, 2.05) is 31.2 Å². The summed E-state index contributed by atoms with van der Waals surface area (Å²) in [5, 5.41) is 11.2. The van der Waals surface area contributed by atoms with E-state index in [1.165, 1.54) is 22.4 Å². The van der Waals surface area contributed by atoms with Crippen molar-refractivity contribution < 1.29 is 0 Å². The topological polar surface area (TPSA) is 72.1 Å². The number of nitrogens with one attached hydrogen (secondary N) is 2. The average Bonchev–Trinajstić information content (AvgIpc) is 3.26. The van der Waals surface area contributed by atoms with E-state index in [2.05, 4.69) is 61.5 Å². The molecule has 0 aliphatic rings. The van der Waals surface area contributed by atoms with Crippen LogP contribution in [-0.2, 0) is 26.7 Å². The molecule has 1 aromatic carbocycles. The molecular weight excluding hydrogens is 465 g/mol. The lowest BCUT2D eigenvalue weighted by Crippen LogP contribution is -2.36. The second-order valence-corrected chi connectivity index (χ2v) is 6.60. The molecule has 28 heavy (non-hydrogen) atoms. The van der Waals surface area contributed by atoms with Gasteiger partial charge >= 0.3 is 0 Å². The zero-order chi connectivity index (χ0) is 19.2. The molecule has 0 amide bonds. The Morgan fingerprint density at radius 2 is 1.75 bits per heavy atom. The van der Waals surface area contributed by atoms with Crippen LogP contribution in [0.1, 0.15) is 28.1 Å². The number of imidazole rings is 1. The van der Waals surface area contributed by atoms with Crippen LogP contribution in [0.5, 0.6) is 0 Å². The maximum Gasteiger partial charge on any atom is 0.191 e. The van der Waals surface area contributed by atoms with Crippen molar-refractivity contribution in [1.29, 1.82) is 0 Å². The molecule has 7 nitrogen and oxygen atoms in total. The second kappa shape index (κ2) is 10.3. The minimum atomic E-state index is 0. The third-order valence-electron chi connectivity index (χ3n) is 4.72. The zero-order valence-corrected chi connectivity index (χ0v) is 19.1. The van der Waals surface area contributed by atoms with Gasteiger partial charge in [-0.25, -0.2) is 4.98 Å². The van der Waals surface area contributed by atoms with Crippen LogP contribution in [0.3, 0.4) is 0 Å². The number of hydrogen-bond acceptors (Lipinski definition) is 3. The molecule has 0 saturated carbocycles. The van der Waals surface area contributed by atoms with Crippen LogP contribution in [0.4, 0.5) is 0 Å². The summed E-state index contributed by atoms with van der Waals surface area (Å²) >= 11 is 0. The Kier molecular flexibility index (Phi) is 8.04. The van der Waals surface area contributed by atoms with Gasteiger partial charge in [-0.2, -0.15) is 5.10 Å². The number of benzene rings is 1. The minimum Gasteiger partial charge on any atom is -0.352 e. The third-order valence-corrected chi connectivity index (χ3v) is 4.72. The molecule has 2 aromatic heterocycles. The molecule has 0 fully saturated rings. The Labute approximate surface area is 183 Å². The molecule has 0 saturated heterocycles. The fourth-order valence-corrected chi connectivity index (χ4v) is 3.01. The SMILES string of the molecule is CN=C(NCc1ccc(Cn2ccnc2)cc1)NCc1c(C)nn(C)c1C.I. The van der Waals surface area contributed by atoms with Gasteiger partial charge in [0.25, 0.3) is 0 Å². The van der Waals surface area contributed by atoms with Crippen molar-refractivity contribution >= 4 is 29.9 Å². The molecule has 0 spiro atoms. The summed E-state index contributed by atoms with van der Waals surface area (Å²) in [7, 11) is 3.75. The summed E-state index contributed by atoms with van der Waals surface area (Å²) in [6.45, 7) is 6.37. The van der Waals surface area contributed by atoms with Gasteiger partial charge in [0.1, 0.15) is 0 Å². The number of rotatable bonds is 6. The number of nitrogens with zero attached hydrogens (tertiary/aromatic N) is 5. The fourth-order valence-electron chi connectivity index (χ4n) is 3.01. The van der Waals surface area contributed by atoms with Gasteiger partial charge in [-0.3, -0.25) is 9.67 Å². The maximum absolute atomic E-state index is 4.45. The lowest BCUT2D eigenvalue weighted by atomic mass is 10.1. The predicted octanol–water partition coefficient (Wildman–Crippen LogP) is 2.76. The quantitative estimate of drug-likeness (QED) is 0.315. The van der Waals surface area contributed by atoms with Gasteiger partial charge in [0.05, 0.1) is 12.0 Å². The van der Waals surface area contributed by atoms with E-state index in [9.17, 15) is 0 Å². The molecule has 0 aliphatic carbocycles. The molecule has 3 aromatic rings. The monoisotopic (exact) mass is 493 g/mol. The van der Waals surface area contributed by atoms with Crippen molar-refractivity contribution in [1.82, 2.24) is 30.0 Å². The van der Waals surface area contributed by atoms with Crippen LogP contribution in [0.15, 0.2) is 48.0 Å². The number of guanidine groups is 1. The first-order valence-corrected chi connectivity index (χ1v) is 9.04. The first-order valence-electron chi connectivity index (χ1n) is 9.04. The molecule has 150 valence electrons. The normalized spacial score (nSPS) is 11.2. The van der Waals surface area contributed by atoms with Gasteiger partial charge in [-0.15, -0.1) is 24.0 Å². The Hall–Kier alpha value is -2.36. The first kappa shape index (κ1) is 21.9. The van der Waals surface area contributed by atoms with E-state index in [0.29, 0.717) is 6.54 Å². The lowest BCUT2D eigenvalue weighted by molar-refractivity contribution is 0.728. The van der Waals surface area contributed by atoms with E-state index in [4.69, 9.17) is 0 Å². The van der Waals surface area contributed by atoms with Crippen molar-refractivity contribution in [2.24, 2.45) is 12.0 Å². The highest BCUT2D eigenvalue weighted by Crippen LogP contribution is 2.11. The van der Waals surface area contributed by atoms with E-state index in [1.54, 1.807) is 13.2 Å². The van der Waals surface area contributed by atoms with Gasteiger partial charge in [0, 0.05) is 57.4 Å². The van der Waals surface area contributed by atoms with Crippen LogP contribution in [0.2, 0.25) is 0 Å². The lowest BCUT2D eigenvalue weighted by Gasteiger charge is -2.13. The zero-order valence-electron chi connectivity index (χ0n) is 16.8. The predicted molar refractivity (Wildman–Crippen MR) is 123 cm³/mol. The standard InChI is InChI=1S/C20H27N7.HI/c1-15-19(16(2)26(4)25-15)12-24-20(21-3)23-11-17-5-7-18(8-6-17)13-27-10-9-22-14-27;/h5-10,14H,11-13H2,1-4H3,(H2,21,23,24);1H. The van der Waals surface area contributed by atoms with Crippen molar-refractivity contribution in [2.75, 3.05) is 7.05 Å². The summed E-state index contributed by atoms with van der Waals surface area (Å²) in [5.41, 5.74) is 5.89. The van der Waals surface area contributed by atoms with Crippen LogP contribution < -0.4 is 10.6 Å². The second-order valence-electron chi connectivity index (χ2n) is 6.60. The Morgan fingerprint density at radius 1 is 1.07 bits per heavy atom. The van der Waals surface area contributed by atoms with E-state index in [-0.39, 0.29) is 24.0 Å². The summed E-state index contributed by atoms with van der Waals surface area (Å²) in [4.78, 5) is 8.38. The van der Waals surface area contributed by atoms with Gasteiger partial charge in [-0.05, 0) is 25.0 Å². The largest absolute Gasteiger partial charge is 0.352 e. The molecule has 0 atom stereocenters. The molecule has 0 radical (unpaired) electrons. The average molecular weight is 493 g/mol. The molecule has 8 heteroatoms. The Morgan fingerprint density at radius 3 is 2.32 bits per heavy atom. The molecule has 0 aliphatic heterocycles. The van der Waals surface area contributed by atoms with E-state index >= 15 is 0 Å². The first-order chi connectivity index (χ1) is 13.1. The smallest absolute Gasteiger partial charge is 0.191 e. The highest BCUT2D eigenvalue weighted by Gasteiger charge is 2.09. The highest BCUT2D eigenvalue weighted by atomic mass is 127. The maximum atomic E-state index is 4.45. The van der Waals surface area contributed by atoms with Crippen LogP contribution in [0.25, 0.3) is 0 Å². The fraction of sp³-hybridized carbons (Fsp3) is 0.350. The van der Waals surface area contributed by atoms with E-state index in [0.717, 1.165) is 24.7 Å². The highest BCUT2D eigenvalue weighted by molar-refractivity contribution is 14.0. The van der Waals surface area contributed by atoms with Crippen molar-refractivity contribution in [2.45, 2.75) is 33.5 Å². The summed E-state index contributed by atoms with van der Waals surface area (Å²) in [5.74, 6) is 0.778. The molecule has 2 N–H and O–H groups in total. The molecule has 2 heterocycles. The molecule has 3 rings (SSSR count). The van der Waals surface area contributed by atoms with Gasteiger partial charge < -0.3 is 15.2 Å². The van der Waals surface area contributed by atoms with Crippen LogP contribution in [-0.4, -0.2) is 32.3 Å². The summed E-state index contributed by atoms with van der Waals surface area (Å²) in [6.07, 6.45) is 5.60.